The lowest BCUT2D eigenvalue weighted by molar-refractivity contribution is -0.138. The van der Waals surface area contributed by atoms with E-state index < -0.39 is 13.3 Å². The van der Waals surface area contributed by atoms with Crippen LogP contribution >= 0.6 is 18.7 Å². The van der Waals surface area contributed by atoms with Crippen molar-refractivity contribution in [3.63, 3.8) is 0 Å². The molecule has 0 aliphatic rings. The molecule has 1 unspecified atom stereocenters. The van der Waals surface area contributed by atoms with Crippen LogP contribution in [-0.2, 0) is 14.1 Å². The normalized spacial score (nSPS) is 11.8. The molecule has 0 saturated heterocycles. The molecule has 0 bridgehead atoms. The van der Waals surface area contributed by atoms with Gasteiger partial charge in [0.2, 0.25) is 5.91 Å². The number of hydrogen-bond donors (Lipinski definition) is 2. The molecule has 98 valence electrons. The van der Waals surface area contributed by atoms with Crippen molar-refractivity contribution in [2.24, 2.45) is 0 Å². The van der Waals surface area contributed by atoms with Gasteiger partial charge in [0.25, 0.3) is 0 Å². The highest BCUT2D eigenvalue weighted by Crippen LogP contribution is 2.51. The molecular weight excluding hydrogens is 261 g/mol. The summed E-state index contributed by atoms with van der Waals surface area (Å²) >= 11 is 1.61. The van der Waals surface area contributed by atoms with Crippen molar-refractivity contribution in [1.82, 2.24) is 5.32 Å². The van der Waals surface area contributed by atoms with Crippen LogP contribution in [0.5, 0.6) is 0 Å². The number of carbonyl (C=O) groups is 2. The summed E-state index contributed by atoms with van der Waals surface area (Å²) in [6, 6.07) is 0. The van der Waals surface area contributed by atoms with Gasteiger partial charge in [0.15, 0.2) is 0 Å². The first-order valence-corrected chi connectivity index (χ1v) is 8.18. The van der Waals surface area contributed by atoms with E-state index >= 15 is 0 Å². The van der Waals surface area contributed by atoms with Gasteiger partial charge in [0.05, 0.1) is 6.42 Å². The van der Waals surface area contributed by atoms with Crippen molar-refractivity contribution >= 4 is 30.6 Å². The number of hydrogen-bond acceptors (Lipinski definition) is 4. The topological polar surface area (TPSA) is 75.6 Å². The van der Waals surface area contributed by atoms with Crippen LogP contribution in [0.1, 0.15) is 19.8 Å². The molecule has 0 aromatic rings. The fraction of sp³-hybridized carbons (Fsp3) is 0.600. The van der Waals surface area contributed by atoms with Crippen LogP contribution in [0.15, 0.2) is 12.4 Å². The van der Waals surface area contributed by atoms with E-state index in [0.717, 1.165) is 5.75 Å². The summed E-state index contributed by atoms with van der Waals surface area (Å²) in [5.74, 6) is 1.32. The molecule has 0 heterocycles. The van der Waals surface area contributed by atoms with Gasteiger partial charge in [0.1, 0.15) is 7.35 Å². The second kappa shape index (κ2) is 10.6. The average Bonchev–Trinajstić information content (AvgIpc) is 2.30. The molecule has 5 nitrogen and oxygen atoms in total. The van der Waals surface area contributed by atoms with E-state index in [4.69, 9.17) is 9.63 Å². The Morgan fingerprint density at radius 1 is 1.53 bits per heavy atom. The lowest BCUT2D eigenvalue weighted by atomic mass is 10.3. The van der Waals surface area contributed by atoms with Crippen LogP contribution < -0.4 is 5.32 Å². The smallest absolute Gasteiger partial charge is 0.303 e. The summed E-state index contributed by atoms with van der Waals surface area (Å²) in [6.45, 7) is 6.76. The van der Waals surface area contributed by atoms with Gasteiger partial charge in [-0.15, -0.1) is 0 Å². The zero-order chi connectivity index (χ0) is 13.1. The Bertz CT molecular complexity index is 263. The minimum Gasteiger partial charge on any atom is -0.481 e. The molecule has 0 fully saturated rings. The van der Waals surface area contributed by atoms with Crippen LogP contribution in [0.2, 0.25) is 0 Å². The Labute approximate surface area is 107 Å². The predicted octanol–water partition coefficient (Wildman–Crippen LogP) is 2.19. The second-order valence-electron chi connectivity index (χ2n) is 2.96. The molecule has 0 rings (SSSR count). The Balaban J connectivity index is 3.52. The zero-order valence-electron chi connectivity index (χ0n) is 9.85. The van der Waals surface area contributed by atoms with Crippen molar-refractivity contribution < 1.29 is 19.2 Å². The van der Waals surface area contributed by atoms with Gasteiger partial charge < -0.3 is 14.9 Å². The van der Waals surface area contributed by atoms with E-state index in [1.54, 1.807) is 17.2 Å². The minimum atomic E-state index is -0.957. The molecule has 0 aromatic carbocycles. The van der Waals surface area contributed by atoms with Crippen molar-refractivity contribution in [3.05, 3.63) is 12.4 Å². The lowest BCUT2D eigenvalue weighted by Gasteiger charge is -2.11. The number of carboxylic acids is 1. The van der Waals surface area contributed by atoms with Gasteiger partial charge in [-0.1, -0.05) is 18.0 Å². The average molecular weight is 279 g/mol. The number of aliphatic carboxylic acids is 1. The largest absolute Gasteiger partial charge is 0.481 e. The Morgan fingerprint density at radius 3 is 2.76 bits per heavy atom. The zero-order valence-corrected chi connectivity index (χ0v) is 11.6. The first-order valence-electron chi connectivity index (χ1n) is 5.26. The van der Waals surface area contributed by atoms with Crippen LogP contribution in [0.25, 0.3) is 0 Å². The molecule has 0 spiro atoms. The maximum Gasteiger partial charge on any atom is 0.303 e. The maximum atomic E-state index is 11.2. The fourth-order valence-electron chi connectivity index (χ4n) is 0.905. The highest BCUT2D eigenvalue weighted by Gasteiger charge is 2.06. The number of amides is 1. The van der Waals surface area contributed by atoms with Gasteiger partial charge >= 0.3 is 5.97 Å². The highest BCUT2D eigenvalue weighted by molar-refractivity contribution is 8.55. The van der Waals surface area contributed by atoms with Gasteiger partial charge in [-0.2, -0.15) is 0 Å². The number of carboxylic acid groups (broad SMARTS) is 1. The summed E-state index contributed by atoms with van der Waals surface area (Å²) in [7, 11) is -0.672. The Kier molecular flexibility index (Phi) is 10.2. The van der Waals surface area contributed by atoms with E-state index in [-0.39, 0.29) is 18.7 Å². The van der Waals surface area contributed by atoms with Crippen molar-refractivity contribution in [2.45, 2.75) is 19.8 Å². The maximum absolute atomic E-state index is 11.2. The summed E-state index contributed by atoms with van der Waals surface area (Å²) in [6.07, 6.45) is -0.0982. The third-order valence-corrected chi connectivity index (χ3v) is 5.14. The van der Waals surface area contributed by atoms with Crippen molar-refractivity contribution in [3.8, 4) is 0 Å². The van der Waals surface area contributed by atoms with Crippen molar-refractivity contribution in [1.29, 1.82) is 0 Å². The fourth-order valence-corrected chi connectivity index (χ4v) is 3.49. The third kappa shape index (κ3) is 10.3. The van der Waals surface area contributed by atoms with Gasteiger partial charge in [-0.05, 0) is 12.7 Å². The van der Waals surface area contributed by atoms with E-state index in [9.17, 15) is 9.59 Å². The van der Waals surface area contributed by atoms with Gasteiger partial charge in [0, 0.05) is 25.3 Å². The van der Waals surface area contributed by atoms with E-state index in [2.05, 4.69) is 11.9 Å². The minimum absolute atomic E-state index is 0.0294. The van der Waals surface area contributed by atoms with Crippen LogP contribution in [0.3, 0.4) is 0 Å². The summed E-state index contributed by atoms with van der Waals surface area (Å²) in [5.41, 5.74) is 0. The lowest BCUT2D eigenvalue weighted by Crippen LogP contribution is -2.25. The summed E-state index contributed by atoms with van der Waals surface area (Å²) in [4.78, 5) is 21.4. The number of rotatable bonds is 10. The van der Waals surface area contributed by atoms with Gasteiger partial charge in [-0.25, -0.2) is 0 Å². The van der Waals surface area contributed by atoms with Crippen LogP contribution in [-0.4, -0.2) is 35.9 Å². The molecule has 0 aliphatic carbocycles. The van der Waals surface area contributed by atoms with E-state index in [1.807, 2.05) is 6.92 Å². The molecule has 0 saturated carbocycles. The van der Waals surface area contributed by atoms with E-state index in [1.165, 1.54) is 0 Å². The molecule has 0 aromatic heterocycles. The molecule has 1 atom stereocenters. The number of carbonyl (C=O) groups excluding carboxylic acids is 1. The highest BCUT2D eigenvalue weighted by atomic mass is 32.7. The standard InChI is InChI=1S/C10H18NO4PS/c1-3-15-16(4-2)17-8-7-11-9(12)5-6-10(13)14/h4H,2-3,5-8H2,1H3,(H,11,12)(H,13,14). The molecule has 7 heteroatoms. The van der Waals surface area contributed by atoms with Crippen molar-refractivity contribution in [2.75, 3.05) is 18.9 Å². The molecule has 1 amide bonds. The monoisotopic (exact) mass is 279 g/mol. The predicted molar refractivity (Wildman–Crippen MR) is 71.1 cm³/mol. The molecule has 17 heavy (non-hydrogen) atoms. The first kappa shape index (κ1) is 16.4. The Hall–Kier alpha value is -0.580. The quantitative estimate of drug-likeness (QED) is 0.473. The molecule has 0 aliphatic heterocycles. The summed E-state index contributed by atoms with van der Waals surface area (Å²) in [5, 5.41) is 11.0. The second-order valence-corrected chi connectivity index (χ2v) is 6.68. The molecule has 2 N–H and O–H groups in total. The third-order valence-electron chi connectivity index (χ3n) is 1.61. The first-order chi connectivity index (χ1) is 8.10. The van der Waals surface area contributed by atoms with Gasteiger partial charge in [-0.3, -0.25) is 9.59 Å². The molecular formula is C10H18NO4PS. The van der Waals surface area contributed by atoms with Crippen LogP contribution in [0.4, 0.5) is 0 Å². The van der Waals surface area contributed by atoms with E-state index in [0.29, 0.717) is 13.2 Å². The van der Waals surface area contributed by atoms with Crippen LogP contribution in [0, 0.1) is 0 Å². The number of nitrogens with one attached hydrogen (secondary N) is 1. The SMILES string of the molecule is C=CP(OCC)SCCNC(=O)CCC(=O)O. The molecule has 0 radical (unpaired) electrons. The Morgan fingerprint density at radius 2 is 2.24 bits per heavy atom. The summed E-state index contributed by atoms with van der Waals surface area (Å²) < 4.78 is 5.40.